The SMILES string of the molecule is C/C=C\N(N)CCCOc1ccc(C2c3[nH]c4ccc(Cl)cc4c3CCN2C(=O)Oc2ccc(F)cc2)cc1.C=C. The average Bonchev–Trinajstić information content (AvgIpc) is 3.35. The first kappa shape index (κ1) is 29.7. The van der Waals surface area contributed by atoms with Gasteiger partial charge in [0.05, 0.1) is 6.61 Å². The lowest BCUT2D eigenvalue weighted by atomic mass is 9.92. The molecular weight excluding hydrogens is 543 g/mol. The molecule has 0 fully saturated rings. The number of amides is 1. The van der Waals surface area contributed by atoms with Crippen LogP contribution in [-0.4, -0.2) is 40.7 Å². The molecule has 9 heteroatoms. The Bertz CT molecular complexity index is 1490. The highest BCUT2D eigenvalue weighted by molar-refractivity contribution is 6.31. The Morgan fingerprint density at radius 2 is 1.85 bits per heavy atom. The van der Waals surface area contributed by atoms with Crippen LogP contribution in [0.5, 0.6) is 11.5 Å². The van der Waals surface area contributed by atoms with Crippen LogP contribution >= 0.6 is 11.6 Å². The molecule has 1 aromatic heterocycles. The standard InChI is InChI=1S/C30H30ClFN4O3.C2H4/c1-2-15-35(33)16-3-18-38-23-9-4-20(5-10-23)29-28-25(26-19-21(31)6-13-27(26)34-28)14-17-36(29)30(37)39-24-11-7-22(32)8-12-24;1-2/h2,4-13,15,19,29,34H,3,14,16-18,33H2,1H3;1-2H2/b15-2-;. The van der Waals surface area contributed by atoms with Crippen molar-refractivity contribution in [2.24, 2.45) is 5.84 Å². The molecule has 1 unspecified atom stereocenters. The molecule has 0 radical (unpaired) electrons. The Hall–Kier alpha value is -4.27. The number of halogens is 2. The minimum Gasteiger partial charge on any atom is -0.494 e. The molecule has 0 saturated heterocycles. The molecule has 1 aliphatic heterocycles. The second-order valence-corrected chi connectivity index (χ2v) is 9.80. The van der Waals surface area contributed by atoms with Crippen molar-refractivity contribution in [3.8, 4) is 11.5 Å². The molecule has 0 bridgehead atoms. The number of H-pyrrole nitrogens is 1. The van der Waals surface area contributed by atoms with Crippen LogP contribution in [0, 0.1) is 5.82 Å². The molecule has 7 nitrogen and oxygen atoms in total. The average molecular weight is 577 g/mol. The summed E-state index contributed by atoms with van der Waals surface area (Å²) < 4.78 is 24.9. The number of hydrogen-bond acceptors (Lipinski definition) is 5. The molecule has 3 aromatic carbocycles. The number of hydrogen-bond donors (Lipinski definition) is 2. The lowest BCUT2D eigenvalue weighted by molar-refractivity contribution is 0.135. The molecule has 5 rings (SSSR count). The van der Waals surface area contributed by atoms with Crippen LogP contribution in [0.2, 0.25) is 5.02 Å². The molecule has 1 atom stereocenters. The summed E-state index contributed by atoms with van der Waals surface area (Å²) in [6, 6.07) is 18.5. The third-order valence-electron chi connectivity index (χ3n) is 6.71. The Balaban J connectivity index is 0.00000189. The quantitative estimate of drug-likeness (QED) is 0.0989. The first-order chi connectivity index (χ1) is 19.9. The summed E-state index contributed by atoms with van der Waals surface area (Å²) in [4.78, 5) is 18.6. The zero-order chi connectivity index (χ0) is 29.4. The first-order valence-corrected chi connectivity index (χ1v) is 13.7. The fourth-order valence-electron chi connectivity index (χ4n) is 4.92. The van der Waals surface area contributed by atoms with E-state index in [2.05, 4.69) is 18.1 Å². The van der Waals surface area contributed by atoms with Crippen LogP contribution < -0.4 is 15.3 Å². The summed E-state index contributed by atoms with van der Waals surface area (Å²) in [6.45, 7) is 9.57. The predicted octanol–water partition coefficient (Wildman–Crippen LogP) is 7.39. The van der Waals surface area contributed by atoms with Crippen molar-refractivity contribution in [3.63, 3.8) is 0 Å². The summed E-state index contributed by atoms with van der Waals surface area (Å²) in [6.07, 6.45) is 4.60. The minimum absolute atomic E-state index is 0.281. The smallest absolute Gasteiger partial charge is 0.416 e. The summed E-state index contributed by atoms with van der Waals surface area (Å²) in [7, 11) is 0. The lowest BCUT2D eigenvalue weighted by Crippen LogP contribution is -2.42. The van der Waals surface area contributed by atoms with E-state index in [1.54, 1.807) is 9.91 Å². The summed E-state index contributed by atoms with van der Waals surface area (Å²) in [5.41, 5.74) is 3.89. The van der Waals surface area contributed by atoms with Gasteiger partial charge in [0.2, 0.25) is 0 Å². The number of benzene rings is 3. The van der Waals surface area contributed by atoms with Crippen molar-refractivity contribution < 1.29 is 18.7 Å². The number of hydrazine groups is 1. The molecule has 41 heavy (non-hydrogen) atoms. The number of aromatic amines is 1. The molecule has 214 valence electrons. The van der Waals surface area contributed by atoms with Crippen LogP contribution in [0.15, 0.2) is 92.2 Å². The van der Waals surface area contributed by atoms with Gasteiger partial charge in [0.15, 0.2) is 0 Å². The molecule has 4 aromatic rings. The van der Waals surface area contributed by atoms with Crippen molar-refractivity contribution in [1.82, 2.24) is 14.9 Å². The lowest BCUT2D eigenvalue weighted by Gasteiger charge is -2.35. The van der Waals surface area contributed by atoms with E-state index in [-0.39, 0.29) is 5.75 Å². The van der Waals surface area contributed by atoms with Crippen LogP contribution in [-0.2, 0) is 6.42 Å². The van der Waals surface area contributed by atoms with Gasteiger partial charge in [-0.2, -0.15) is 0 Å². The highest BCUT2D eigenvalue weighted by Crippen LogP contribution is 2.40. The van der Waals surface area contributed by atoms with Gasteiger partial charge in [-0.1, -0.05) is 29.8 Å². The van der Waals surface area contributed by atoms with E-state index < -0.39 is 18.0 Å². The number of carbonyl (C=O) groups is 1. The second kappa shape index (κ2) is 13.9. The normalized spacial score (nSPS) is 14.3. The third-order valence-corrected chi connectivity index (χ3v) is 6.94. The maximum atomic E-state index is 13.4. The zero-order valence-electron chi connectivity index (χ0n) is 23.0. The molecule has 0 aliphatic carbocycles. The Morgan fingerprint density at radius 3 is 2.56 bits per heavy atom. The second-order valence-electron chi connectivity index (χ2n) is 9.37. The highest BCUT2D eigenvalue weighted by Gasteiger charge is 2.35. The Kier molecular flexibility index (Phi) is 10.1. The van der Waals surface area contributed by atoms with Gasteiger partial charge in [0.1, 0.15) is 23.4 Å². The number of rotatable bonds is 8. The number of allylic oxidation sites excluding steroid dienone is 1. The maximum Gasteiger partial charge on any atom is 0.416 e. The summed E-state index contributed by atoms with van der Waals surface area (Å²) >= 11 is 6.30. The van der Waals surface area contributed by atoms with Gasteiger partial charge in [0.25, 0.3) is 0 Å². The number of aromatic nitrogens is 1. The van der Waals surface area contributed by atoms with Crippen molar-refractivity contribution in [2.75, 3.05) is 19.7 Å². The number of nitrogens with one attached hydrogen (secondary N) is 1. The van der Waals surface area contributed by atoms with Gasteiger partial charge in [0, 0.05) is 47.3 Å². The van der Waals surface area contributed by atoms with Gasteiger partial charge in [-0.3, -0.25) is 4.90 Å². The minimum atomic E-state index is -0.512. The third kappa shape index (κ3) is 7.09. The van der Waals surface area contributed by atoms with Gasteiger partial charge >= 0.3 is 6.09 Å². The predicted molar refractivity (Wildman–Crippen MR) is 162 cm³/mol. The topological polar surface area (TPSA) is 83.8 Å². The van der Waals surface area contributed by atoms with Crippen LogP contribution in [0.1, 0.15) is 36.2 Å². The summed E-state index contributed by atoms with van der Waals surface area (Å²) in [5.74, 6) is 6.47. The molecule has 0 spiro atoms. The van der Waals surface area contributed by atoms with Gasteiger partial charge in [-0.25, -0.2) is 15.0 Å². The van der Waals surface area contributed by atoms with Gasteiger partial charge < -0.3 is 19.5 Å². The van der Waals surface area contributed by atoms with Crippen molar-refractivity contribution in [1.29, 1.82) is 0 Å². The van der Waals surface area contributed by atoms with Crippen LogP contribution in [0.3, 0.4) is 0 Å². The van der Waals surface area contributed by atoms with Crippen LogP contribution in [0.4, 0.5) is 9.18 Å². The van der Waals surface area contributed by atoms with E-state index in [0.717, 1.165) is 39.9 Å². The van der Waals surface area contributed by atoms with Gasteiger partial charge in [-0.05, 0) is 79.1 Å². The van der Waals surface area contributed by atoms with E-state index in [0.29, 0.717) is 31.1 Å². The highest BCUT2D eigenvalue weighted by atomic mass is 35.5. The zero-order valence-corrected chi connectivity index (χ0v) is 23.7. The number of nitrogens with zero attached hydrogens (tertiary/aromatic N) is 2. The van der Waals surface area contributed by atoms with E-state index in [4.69, 9.17) is 26.9 Å². The molecule has 0 saturated carbocycles. The number of carbonyl (C=O) groups excluding carboxylic acids is 1. The monoisotopic (exact) mass is 576 g/mol. The van der Waals surface area contributed by atoms with E-state index in [1.165, 1.54) is 24.3 Å². The number of nitrogens with two attached hydrogens (primary N) is 1. The summed E-state index contributed by atoms with van der Waals surface area (Å²) in [5, 5.41) is 3.32. The molecule has 2 heterocycles. The van der Waals surface area contributed by atoms with Crippen molar-refractivity contribution in [2.45, 2.75) is 25.8 Å². The Morgan fingerprint density at radius 1 is 1.15 bits per heavy atom. The number of ether oxygens (including phenoxy) is 2. The fraction of sp³-hybridized carbons (Fsp3) is 0.219. The van der Waals surface area contributed by atoms with E-state index in [1.807, 2.05) is 61.7 Å². The fourth-order valence-corrected chi connectivity index (χ4v) is 5.09. The molecule has 1 aliphatic rings. The number of fused-ring (bicyclic) bond motifs is 3. The largest absolute Gasteiger partial charge is 0.494 e. The van der Waals surface area contributed by atoms with E-state index >= 15 is 0 Å². The van der Waals surface area contributed by atoms with Gasteiger partial charge in [-0.15, -0.1) is 13.2 Å². The molecular formula is C32H34ClFN4O3. The first-order valence-electron chi connectivity index (χ1n) is 13.3. The van der Waals surface area contributed by atoms with Crippen molar-refractivity contribution >= 4 is 28.6 Å². The molecule has 1 amide bonds. The van der Waals surface area contributed by atoms with Crippen LogP contribution in [0.25, 0.3) is 10.9 Å². The maximum absolute atomic E-state index is 13.4. The Labute approximate surface area is 244 Å². The molecule has 3 N–H and O–H groups in total. The van der Waals surface area contributed by atoms with Crippen molar-refractivity contribution in [3.05, 3.63) is 120 Å². The van der Waals surface area contributed by atoms with E-state index in [9.17, 15) is 9.18 Å².